The first-order valence-electron chi connectivity index (χ1n) is 10.7. The van der Waals surface area contributed by atoms with E-state index in [1.165, 1.54) is 11.0 Å². The zero-order valence-corrected chi connectivity index (χ0v) is 18.3. The minimum absolute atomic E-state index is 0.123. The Bertz CT molecular complexity index is 1460. The number of nitrogens with one attached hydrogen (secondary N) is 1. The number of imide groups is 1. The van der Waals surface area contributed by atoms with Crippen LogP contribution in [0.2, 0.25) is 0 Å². The Hall–Kier alpha value is -4.59. The molecule has 8 heteroatoms. The Morgan fingerprint density at radius 2 is 1.79 bits per heavy atom. The highest BCUT2D eigenvalue weighted by molar-refractivity contribution is 6.14. The predicted molar refractivity (Wildman–Crippen MR) is 125 cm³/mol. The van der Waals surface area contributed by atoms with Gasteiger partial charge in [0.1, 0.15) is 11.5 Å². The summed E-state index contributed by atoms with van der Waals surface area (Å²) in [6, 6.07) is 17.9. The minimum Gasteiger partial charge on any atom is -0.475 e. The van der Waals surface area contributed by atoms with E-state index in [1.54, 1.807) is 12.1 Å². The molecule has 8 nitrogen and oxygen atoms in total. The predicted octanol–water partition coefficient (Wildman–Crippen LogP) is 4.38. The van der Waals surface area contributed by atoms with Crippen molar-refractivity contribution < 1.29 is 23.9 Å². The van der Waals surface area contributed by atoms with Gasteiger partial charge in [0.2, 0.25) is 5.76 Å². The fourth-order valence-corrected chi connectivity index (χ4v) is 4.01. The molecule has 0 unspecified atom stereocenters. The number of hydrogen-bond donors (Lipinski definition) is 2. The van der Waals surface area contributed by atoms with Gasteiger partial charge in [-0.15, -0.1) is 0 Å². The highest BCUT2D eigenvalue weighted by Crippen LogP contribution is 2.26. The quantitative estimate of drug-likeness (QED) is 0.332. The molecule has 1 fully saturated rings. The number of nitrogens with zero attached hydrogens (tertiary/aromatic N) is 2. The highest BCUT2D eigenvalue weighted by atomic mass is 16.4. The van der Waals surface area contributed by atoms with Gasteiger partial charge >= 0.3 is 12.0 Å². The molecule has 0 bridgehead atoms. The van der Waals surface area contributed by atoms with Crippen molar-refractivity contribution in [1.29, 1.82) is 0 Å². The molecule has 1 saturated heterocycles. The Morgan fingerprint density at radius 1 is 1.03 bits per heavy atom. The van der Waals surface area contributed by atoms with Gasteiger partial charge in [-0.3, -0.25) is 9.69 Å². The van der Waals surface area contributed by atoms with Gasteiger partial charge in [-0.05, 0) is 36.8 Å². The molecule has 2 aromatic carbocycles. The number of furan rings is 1. The van der Waals surface area contributed by atoms with Crippen LogP contribution in [0, 0.1) is 6.92 Å². The molecule has 2 N–H and O–H groups in total. The first kappa shape index (κ1) is 21.3. The molecular formula is C26H21N3O5. The molecule has 1 aliphatic rings. The molecule has 0 spiro atoms. The maximum Gasteiger partial charge on any atom is 0.371 e. The molecule has 3 amide bonds. The molecule has 1 aliphatic heterocycles. The summed E-state index contributed by atoms with van der Waals surface area (Å²) in [6.07, 6.45) is 3.52. The largest absolute Gasteiger partial charge is 0.475 e. The number of carboxylic acids is 1. The number of aryl methyl sites for hydroxylation is 1. The maximum absolute atomic E-state index is 13.0. The normalized spacial score (nSPS) is 14.9. The number of carboxylic acid groups (broad SMARTS) is 1. The van der Waals surface area contributed by atoms with E-state index in [4.69, 9.17) is 9.52 Å². The van der Waals surface area contributed by atoms with Crippen LogP contribution in [0.1, 0.15) is 33.0 Å². The molecule has 2 aromatic heterocycles. The first-order chi connectivity index (χ1) is 16.4. The lowest BCUT2D eigenvalue weighted by molar-refractivity contribution is -0.123. The lowest BCUT2D eigenvalue weighted by Gasteiger charge is -2.11. The lowest BCUT2D eigenvalue weighted by Crippen LogP contribution is -2.30. The second kappa shape index (κ2) is 8.40. The topological polar surface area (TPSA) is 105 Å². The molecule has 5 rings (SSSR count). The van der Waals surface area contributed by atoms with Crippen LogP contribution in [0.4, 0.5) is 4.79 Å². The average Bonchev–Trinajstić information content (AvgIpc) is 3.50. The van der Waals surface area contributed by atoms with Crippen LogP contribution in [0.5, 0.6) is 0 Å². The summed E-state index contributed by atoms with van der Waals surface area (Å²) in [5.74, 6) is -1.15. The third kappa shape index (κ3) is 3.97. The fraction of sp³-hybridized carbons (Fsp3) is 0.115. The van der Waals surface area contributed by atoms with Crippen molar-refractivity contribution in [2.45, 2.75) is 20.0 Å². The zero-order valence-electron chi connectivity index (χ0n) is 18.3. The number of fused-ring (bicyclic) bond motifs is 1. The molecule has 0 radical (unpaired) electrons. The van der Waals surface area contributed by atoms with Gasteiger partial charge in [-0.2, -0.15) is 0 Å². The third-order valence-electron chi connectivity index (χ3n) is 5.74. The third-order valence-corrected chi connectivity index (χ3v) is 5.74. The maximum atomic E-state index is 13.0. The van der Waals surface area contributed by atoms with Gasteiger partial charge in [-0.25, -0.2) is 9.59 Å². The smallest absolute Gasteiger partial charge is 0.371 e. The summed E-state index contributed by atoms with van der Waals surface area (Å²) in [4.78, 5) is 37.8. The van der Waals surface area contributed by atoms with E-state index in [2.05, 4.69) is 5.32 Å². The van der Waals surface area contributed by atoms with E-state index in [0.717, 1.165) is 27.6 Å². The van der Waals surface area contributed by atoms with Crippen LogP contribution in [-0.4, -0.2) is 32.5 Å². The van der Waals surface area contributed by atoms with E-state index < -0.39 is 12.0 Å². The first-order valence-corrected chi connectivity index (χ1v) is 10.7. The number of carbonyl (C=O) groups excluding carboxylic acids is 2. The van der Waals surface area contributed by atoms with Gasteiger partial charge < -0.3 is 19.4 Å². The van der Waals surface area contributed by atoms with Gasteiger partial charge in [0.05, 0.1) is 13.1 Å². The standard InChI is InChI=1S/C26H21N3O5/c1-16-6-8-17(9-7-16)13-29-24(30)21(27-26(29)33)12-18-14-28(22-5-3-2-4-20(18)22)15-19-10-11-23(34-19)25(31)32/h2-12,14H,13,15H2,1H3,(H,27,33)(H,31,32)/b21-12-. The summed E-state index contributed by atoms with van der Waals surface area (Å²) in [6.45, 7) is 2.48. The number of urea groups is 1. The lowest BCUT2D eigenvalue weighted by atomic mass is 10.1. The second-order valence-corrected chi connectivity index (χ2v) is 8.17. The summed E-state index contributed by atoms with van der Waals surface area (Å²) in [7, 11) is 0. The summed E-state index contributed by atoms with van der Waals surface area (Å²) >= 11 is 0. The van der Waals surface area contributed by atoms with Gasteiger partial charge in [0, 0.05) is 22.7 Å². The summed E-state index contributed by atoms with van der Waals surface area (Å²) < 4.78 is 7.31. The van der Waals surface area contributed by atoms with Gasteiger partial charge in [0.15, 0.2) is 0 Å². The van der Waals surface area contributed by atoms with E-state index >= 15 is 0 Å². The van der Waals surface area contributed by atoms with Crippen LogP contribution < -0.4 is 5.32 Å². The summed E-state index contributed by atoms with van der Waals surface area (Å²) in [5, 5.41) is 12.7. The number of hydrogen-bond acceptors (Lipinski definition) is 4. The fourth-order valence-electron chi connectivity index (χ4n) is 4.01. The van der Waals surface area contributed by atoms with Crippen molar-refractivity contribution in [3.05, 3.63) is 101 Å². The highest BCUT2D eigenvalue weighted by Gasteiger charge is 2.33. The number of amides is 3. The van der Waals surface area contributed by atoms with E-state index in [-0.39, 0.29) is 23.9 Å². The molecule has 170 valence electrons. The van der Waals surface area contributed by atoms with Crippen LogP contribution in [0.3, 0.4) is 0 Å². The van der Waals surface area contributed by atoms with E-state index in [9.17, 15) is 14.4 Å². The Morgan fingerprint density at radius 3 is 2.53 bits per heavy atom. The van der Waals surface area contributed by atoms with Crippen molar-refractivity contribution in [2.75, 3.05) is 0 Å². The van der Waals surface area contributed by atoms with Crippen molar-refractivity contribution in [3.8, 4) is 0 Å². The van der Waals surface area contributed by atoms with Gasteiger partial charge in [0.25, 0.3) is 5.91 Å². The molecule has 0 atom stereocenters. The second-order valence-electron chi connectivity index (χ2n) is 8.17. The number of aromatic nitrogens is 1. The van der Waals surface area contributed by atoms with Crippen LogP contribution in [0.25, 0.3) is 17.0 Å². The van der Waals surface area contributed by atoms with Gasteiger partial charge in [-0.1, -0.05) is 48.0 Å². The van der Waals surface area contributed by atoms with E-state index in [0.29, 0.717) is 12.3 Å². The number of carbonyl (C=O) groups is 3. The number of rotatable bonds is 6. The molecule has 0 saturated carbocycles. The van der Waals surface area contributed by atoms with Crippen LogP contribution >= 0.6 is 0 Å². The molecule has 34 heavy (non-hydrogen) atoms. The van der Waals surface area contributed by atoms with E-state index in [1.807, 2.05) is 66.2 Å². The Labute approximate surface area is 194 Å². The molecule has 4 aromatic rings. The molecule has 3 heterocycles. The monoisotopic (exact) mass is 455 g/mol. The number of benzene rings is 2. The van der Waals surface area contributed by atoms with Crippen molar-refractivity contribution in [1.82, 2.24) is 14.8 Å². The van der Waals surface area contributed by atoms with Crippen molar-refractivity contribution in [2.24, 2.45) is 0 Å². The van der Waals surface area contributed by atoms with Crippen molar-refractivity contribution in [3.63, 3.8) is 0 Å². The summed E-state index contributed by atoms with van der Waals surface area (Å²) in [5.41, 5.74) is 3.81. The minimum atomic E-state index is -1.13. The van der Waals surface area contributed by atoms with Crippen LogP contribution in [0.15, 0.2) is 77.0 Å². The zero-order chi connectivity index (χ0) is 23.8. The molecular weight excluding hydrogens is 434 g/mol. The number of aromatic carboxylic acids is 1. The average molecular weight is 455 g/mol. The Balaban J connectivity index is 1.44. The molecule has 0 aliphatic carbocycles. The number of para-hydroxylation sites is 1. The SMILES string of the molecule is Cc1ccc(CN2C(=O)N/C(=C\c3cn(Cc4ccc(C(=O)O)o4)c4ccccc34)C2=O)cc1. The van der Waals surface area contributed by atoms with Crippen molar-refractivity contribution >= 4 is 34.9 Å². The Kier molecular flexibility index (Phi) is 5.25. The van der Waals surface area contributed by atoms with Crippen LogP contribution in [-0.2, 0) is 17.9 Å².